The molecule has 0 heterocycles. The first-order chi connectivity index (χ1) is 9.58. The Morgan fingerprint density at radius 3 is 1.55 bits per heavy atom. The van der Waals surface area contributed by atoms with Gasteiger partial charge in [0.1, 0.15) is 0 Å². The van der Waals surface area contributed by atoms with E-state index in [1.807, 2.05) is 36.4 Å². The van der Waals surface area contributed by atoms with Crippen LogP contribution in [0.2, 0.25) is 0 Å². The summed E-state index contributed by atoms with van der Waals surface area (Å²) in [4.78, 5) is 21.3. The minimum Gasteiger partial charge on any atom is -0.481 e. The van der Waals surface area contributed by atoms with E-state index in [-0.39, 0.29) is 12.8 Å². The third-order valence-electron chi connectivity index (χ3n) is 2.98. The Hall–Kier alpha value is -2.62. The molecular formula is C16H14O4. The van der Waals surface area contributed by atoms with E-state index in [2.05, 4.69) is 0 Å². The molecule has 0 atom stereocenters. The topological polar surface area (TPSA) is 74.6 Å². The van der Waals surface area contributed by atoms with E-state index >= 15 is 0 Å². The third-order valence-corrected chi connectivity index (χ3v) is 2.98. The van der Waals surface area contributed by atoms with Gasteiger partial charge in [0.2, 0.25) is 0 Å². The Kier molecular flexibility index (Phi) is 4.15. The molecule has 0 aromatic heterocycles. The highest BCUT2D eigenvalue weighted by molar-refractivity contribution is 5.86. The first-order valence-electron chi connectivity index (χ1n) is 6.19. The Balaban J connectivity index is 2.64. The maximum Gasteiger partial charge on any atom is 0.307 e. The van der Waals surface area contributed by atoms with Gasteiger partial charge in [-0.1, -0.05) is 48.6 Å². The average Bonchev–Trinajstić information content (AvgIpc) is 2.43. The SMILES string of the molecule is O=C(O)C/C=c1/cc/c(=C\CC(=O)O)c2ccccc12. The number of carbonyl (C=O) groups is 2. The molecular weight excluding hydrogens is 256 g/mol. The predicted octanol–water partition coefficient (Wildman–Crippen LogP) is 1.35. The van der Waals surface area contributed by atoms with Crippen molar-refractivity contribution in [1.29, 1.82) is 0 Å². The fraction of sp³-hybridized carbons (Fsp3) is 0.125. The summed E-state index contributed by atoms with van der Waals surface area (Å²) in [6.45, 7) is 0. The van der Waals surface area contributed by atoms with Crippen molar-refractivity contribution in [2.24, 2.45) is 0 Å². The number of rotatable bonds is 4. The molecule has 0 unspecified atom stereocenters. The Labute approximate surface area is 115 Å². The van der Waals surface area contributed by atoms with Crippen LogP contribution in [0.5, 0.6) is 0 Å². The monoisotopic (exact) mass is 270 g/mol. The Morgan fingerprint density at radius 2 is 1.20 bits per heavy atom. The highest BCUT2D eigenvalue weighted by Gasteiger charge is 1.99. The molecule has 0 bridgehead atoms. The Morgan fingerprint density at radius 1 is 0.800 bits per heavy atom. The van der Waals surface area contributed by atoms with E-state index in [9.17, 15) is 9.59 Å². The highest BCUT2D eigenvalue weighted by Crippen LogP contribution is 2.04. The molecule has 0 saturated heterocycles. The zero-order valence-electron chi connectivity index (χ0n) is 10.7. The van der Waals surface area contributed by atoms with Gasteiger partial charge in [-0.3, -0.25) is 9.59 Å². The van der Waals surface area contributed by atoms with Gasteiger partial charge in [0, 0.05) is 0 Å². The van der Waals surface area contributed by atoms with Crippen LogP contribution in [0, 0.1) is 0 Å². The molecule has 4 heteroatoms. The molecule has 0 fully saturated rings. The van der Waals surface area contributed by atoms with Gasteiger partial charge in [-0.25, -0.2) is 0 Å². The molecule has 0 spiro atoms. The molecule has 2 rings (SSSR count). The second kappa shape index (κ2) is 6.02. The first-order valence-corrected chi connectivity index (χ1v) is 6.19. The van der Waals surface area contributed by atoms with Crippen LogP contribution in [-0.4, -0.2) is 22.2 Å². The van der Waals surface area contributed by atoms with Crippen LogP contribution in [0.1, 0.15) is 12.8 Å². The quantitative estimate of drug-likeness (QED) is 0.879. The molecule has 0 radical (unpaired) electrons. The van der Waals surface area contributed by atoms with E-state index in [1.54, 1.807) is 12.2 Å². The number of fused-ring (bicyclic) bond motifs is 1. The van der Waals surface area contributed by atoms with Gasteiger partial charge in [-0.2, -0.15) is 0 Å². The van der Waals surface area contributed by atoms with Crippen molar-refractivity contribution >= 4 is 34.9 Å². The van der Waals surface area contributed by atoms with Gasteiger partial charge >= 0.3 is 11.9 Å². The van der Waals surface area contributed by atoms with Crippen molar-refractivity contribution in [1.82, 2.24) is 0 Å². The van der Waals surface area contributed by atoms with Crippen molar-refractivity contribution in [2.75, 3.05) is 0 Å². The molecule has 0 aliphatic carbocycles. The Bertz CT molecular complexity index is 708. The predicted molar refractivity (Wildman–Crippen MR) is 76.6 cm³/mol. The summed E-state index contributed by atoms with van der Waals surface area (Å²) < 4.78 is 0. The lowest BCUT2D eigenvalue weighted by atomic mass is 10.0. The van der Waals surface area contributed by atoms with Crippen LogP contribution in [0.3, 0.4) is 0 Å². The lowest BCUT2D eigenvalue weighted by Gasteiger charge is -2.00. The third kappa shape index (κ3) is 3.23. The lowest BCUT2D eigenvalue weighted by Crippen LogP contribution is -2.12. The van der Waals surface area contributed by atoms with E-state index in [4.69, 9.17) is 10.2 Å². The van der Waals surface area contributed by atoms with Crippen molar-refractivity contribution in [2.45, 2.75) is 12.8 Å². The molecule has 0 saturated carbocycles. The van der Waals surface area contributed by atoms with Crippen LogP contribution < -0.4 is 10.4 Å². The lowest BCUT2D eigenvalue weighted by molar-refractivity contribution is -0.136. The van der Waals surface area contributed by atoms with E-state index in [0.717, 1.165) is 21.2 Å². The van der Waals surface area contributed by atoms with Gasteiger partial charge in [0.05, 0.1) is 12.8 Å². The summed E-state index contributed by atoms with van der Waals surface area (Å²) in [5.41, 5.74) is 0. The zero-order chi connectivity index (χ0) is 14.5. The van der Waals surface area contributed by atoms with Crippen LogP contribution in [0.15, 0.2) is 36.4 Å². The van der Waals surface area contributed by atoms with Crippen LogP contribution >= 0.6 is 0 Å². The fourth-order valence-electron chi connectivity index (χ4n) is 2.10. The van der Waals surface area contributed by atoms with Crippen molar-refractivity contribution in [3.05, 3.63) is 46.8 Å². The molecule has 0 aliphatic heterocycles. The summed E-state index contributed by atoms with van der Waals surface area (Å²) in [6.07, 6.45) is 3.24. The molecule has 102 valence electrons. The summed E-state index contributed by atoms with van der Waals surface area (Å²) in [5.74, 6) is -1.76. The standard InChI is InChI=1S/C16H14O4/c17-15(18)9-7-11-5-6-12(8-10-16(19)20)14-4-2-1-3-13(11)14/h1-8H,9-10H2,(H,17,18)(H,19,20)/b11-7-,12-8+. The molecule has 2 N–H and O–H groups in total. The minimum absolute atomic E-state index is 0.0395. The van der Waals surface area contributed by atoms with Crippen LogP contribution in [0.4, 0.5) is 0 Å². The van der Waals surface area contributed by atoms with Crippen molar-refractivity contribution < 1.29 is 19.8 Å². The molecule has 20 heavy (non-hydrogen) atoms. The molecule has 0 aliphatic rings. The summed E-state index contributed by atoms with van der Waals surface area (Å²) in [7, 11) is 0. The average molecular weight is 270 g/mol. The number of carboxylic acid groups (broad SMARTS) is 2. The largest absolute Gasteiger partial charge is 0.481 e. The van der Waals surface area contributed by atoms with Crippen LogP contribution in [0.25, 0.3) is 22.9 Å². The summed E-state index contributed by atoms with van der Waals surface area (Å²) in [6, 6.07) is 11.2. The van der Waals surface area contributed by atoms with Gasteiger partial charge in [-0.05, 0) is 21.2 Å². The van der Waals surface area contributed by atoms with Gasteiger partial charge < -0.3 is 10.2 Å². The van der Waals surface area contributed by atoms with E-state index < -0.39 is 11.9 Å². The fourth-order valence-corrected chi connectivity index (χ4v) is 2.10. The number of aliphatic carboxylic acids is 2. The maximum absolute atomic E-state index is 10.7. The van der Waals surface area contributed by atoms with E-state index in [0.29, 0.717) is 0 Å². The number of hydrogen-bond donors (Lipinski definition) is 2. The molecule has 2 aromatic rings. The van der Waals surface area contributed by atoms with Crippen molar-refractivity contribution in [3.63, 3.8) is 0 Å². The summed E-state index contributed by atoms with van der Waals surface area (Å²) >= 11 is 0. The zero-order valence-corrected chi connectivity index (χ0v) is 10.7. The number of hydrogen-bond acceptors (Lipinski definition) is 2. The van der Waals surface area contributed by atoms with Gasteiger partial charge in [0.25, 0.3) is 0 Å². The molecule has 2 aromatic carbocycles. The normalized spacial score (nSPS) is 12.8. The van der Waals surface area contributed by atoms with Crippen LogP contribution in [-0.2, 0) is 9.59 Å². The molecule has 0 amide bonds. The highest BCUT2D eigenvalue weighted by atomic mass is 16.4. The number of carboxylic acids is 2. The maximum atomic E-state index is 10.7. The minimum atomic E-state index is -0.879. The number of benzene rings is 2. The van der Waals surface area contributed by atoms with E-state index in [1.165, 1.54) is 0 Å². The summed E-state index contributed by atoms with van der Waals surface area (Å²) in [5, 5.41) is 21.0. The van der Waals surface area contributed by atoms with Gasteiger partial charge in [-0.15, -0.1) is 0 Å². The molecule has 4 nitrogen and oxygen atoms in total. The smallest absolute Gasteiger partial charge is 0.307 e. The van der Waals surface area contributed by atoms with Crippen molar-refractivity contribution in [3.8, 4) is 0 Å². The second-order valence-electron chi connectivity index (χ2n) is 4.39. The second-order valence-corrected chi connectivity index (χ2v) is 4.39. The first kappa shape index (κ1) is 13.8. The van der Waals surface area contributed by atoms with Gasteiger partial charge in [0.15, 0.2) is 0 Å².